The number of sulfonamides is 1. The molecule has 0 aromatic carbocycles. The number of carbonyl (C=O) groups excluding carboxylic acids is 1. The van der Waals surface area contributed by atoms with Crippen molar-refractivity contribution in [3.63, 3.8) is 0 Å². The fourth-order valence-corrected chi connectivity index (χ4v) is 6.07. The number of aryl methyl sites for hydroxylation is 1. The number of amides is 1. The molecule has 25 heavy (non-hydrogen) atoms. The van der Waals surface area contributed by atoms with E-state index in [4.69, 9.17) is 4.84 Å². The largest absolute Gasteiger partial charge is 0.343 e. The third-order valence-corrected chi connectivity index (χ3v) is 7.59. The van der Waals surface area contributed by atoms with Crippen molar-refractivity contribution >= 4 is 27.3 Å². The average molecular weight is 388 g/mol. The average Bonchev–Trinajstić information content (AvgIpc) is 3.25. The summed E-state index contributed by atoms with van der Waals surface area (Å²) in [5, 5.41) is 1.00. The highest BCUT2D eigenvalue weighted by atomic mass is 32.2. The van der Waals surface area contributed by atoms with Gasteiger partial charge in [-0.15, -0.1) is 11.3 Å². The standard InChI is InChI=1S/C16H25N3O4S2/c1-12-6-7-13(24-12)16-14(11-23-18(16)2)25(21,22)17-8-4-10-19-9-3-5-15(19)20/h6-7,14,16-17H,3-5,8-11H2,1-2H3/t14-,16+/m0/s1. The minimum absolute atomic E-state index is 0.151. The lowest BCUT2D eigenvalue weighted by atomic mass is 10.2. The number of hydrogen-bond donors (Lipinski definition) is 1. The van der Waals surface area contributed by atoms with Crippen molar-refractivity contribution in [1.29, 1.82) is 0 Å². The lowest BCUT2D eigenvalue weighted by molar-refractivity contribution is -0.127. The van der Waals surface area contributed by atoms with Gasteiger partial charge >= 0.3 is 0 Å². The highest BCUT2D eigenvalue weighted by molar-refractivity contribution is 7.90. The van der Waals surface area contributed by atoms with Crippen LogP contribution >= 0.6 is 11.3 Å². The van der Waals surface area contributed by atoms with Crippen LogP contribution in [0.5, 0.6) is 0 Å². The van der Waals surface area contributed by atoms with E-state index in [2.05, 4.69) is 4.72 Å². The summed E-state index contributed by atoms with van der Waals surface area (Å²) in [5.41, 5.74) is 0. The van der Waals surface area contributed by atoms with Gasteiger partial charge in [-0.3, -0.25) is 9.63 Å². The van der Waals surface area contributed by atoms with E-state index >= 15 is 0 Å². The van der Waals surface area contributed by atoms with E-state index in [0.29, 0.717) is 25.9 Å². The molecule has 1 aromatic rings. The summed E-state index contributed by atoms with van der Waals surface area (Å²) in [5.74, 6) is 0.168. The van der Waals surface area contributed by atoms with Gasteiger partial charge in [0.25, 0.3) is 0 Å². The van der Waals surface area contributed by atoms with Gasteiger partial charge in [-0.1, -0.05) is 0 Å². The van der Waals surface area contributed by atoms with E-state index in [-0.39, 0.29) is 18.6 Å². The number of rotatable bonds is 7. The number of hydrogen-bond acceptors (Lipinski definition) is 6. The summed E-state index contributed by atoms with van der Waals surface area (Å²) in [7, 11) is -1.73. The first kappa shape index (κ1) is 18.8. The molecule has 0 radical (unpaired) electrons. The Balaban J connectivity index is 1.57. The normalized spacial score (nSPS) is 25.2. The maximum Gasteiger partial charge on any atom is 0.222 e. The monoisotopic (exact) mass is 387 g/mol. The third-order valence-electron chi connectivity index (χ3n) is 4.72. The van der Waals surface area contributed by atoms with Crippen molar-refractivity contribution in [1.82, 2.24) is 14.7 Å². The van der Waals surface area contributed by atoms with Crippen LogP contribution in [0.3, 0.4) is 0 Å². The van der Waals surface area contributed by atoms with Crippen molar-refractivity contribution in [2.75, 3.05) is 33.3 Å². The topological polar surface area (TPSA) is 79.0 Å². The van der Waals surface area contributed by atoms with Crippen LogP contribution in [0.15, 0.2) is 12.1 Å². The maximum absolute atomic E-state index is 12.7. The first-order chi connectivity index (χ1) is 11.9. The molecule has 7 nitrogen and oxygen atoms in total. The Hall–Kier alpha value is -1.00. The van der Waals surface area contributed by atoms with E-state index in [1.165, 1.54) is 0 Å². The van der Waals surface area contributed by atoms with Gasteiger partial charge in [0.2, 0.25) is 15.9 Å². The fourth-order valence-electron chi connectivity index (χ4n) is 3.36. The van der Waals surface area contributed by atoms with E-state index in [1.54, 1.807) is 28.3 Å². The van der Waals surface area contributed by atoms with Gasteiger partial charge in [-0.05, 0) is 31.9 Å². The molecule has 1 N–H and O–H groups in total. The zero-order valence-electron chi connectivity index (χ0n) is 14.6. The Morgan fingerprint density at radius 2 is 2.20 bits per heavy atom. The third kappa shape index (κ3) is 4.22. The Morgan fingerprint density at radius 3 is 2.84 bits per heavy atom. The zero-order chi connectivity index (χ0) is 18.0. The van der Waals surface area contributed by atoms with E-state index in [1.807, 2.05) is 19.1 Å². The molecular weight excluding hydrogens is 362 g/mol. The molecule has 140 valence electrons. The van der Waals surface area contributed by atoms with Gasteiger partial charge < -0.3 is 4.90 Å². The highest BCUT2D eigenvalue weighted by Gasteiger charge is 2.43. The predicted molar refractivity (Wildman–Crippen MR) is 96.7 cm³/mol. The molecule has 2 saturated heterocycles. The van der Waals surface area contributed by atoms with E-state index in [0.717, 1.165) is 22.7 Å². The lowest BCUT2D eigenvalue weighted by Gasteiger charge is -2.22. The highest BCUT2D eigenvalue weighted by Crippen LogP contribution is 2.36. The Bertz CT molecular complexity index is 719. The van der Waals surface area contributed by atoms with Gasteiger partial charge in [0, 0.05) is 42.9 Å². The molecule has 0 spiro atoms. The smallest absolute Gasteiger partial charge is 0.222 e. The molecule has 2 aliphatic heterocycles. The Morgan fingerprint density at radius 1 is 1.40 bits per heavy atom. The Kier molecular flexibility index (Phi) is 5.79. The van der Waals surface area contributed by atoms with Crippen LogP contribution in [-0.4, -0.2) is 62.8 Å². The molecule has 0 saturated carbocycles. The second-order valence-corrected chi connectivity index (χ2v) is 9.85. The van der Waals surface area contributed by atoms with Gasteiger partial charge in [0.15, 0.2) is 0 Å². The van der Waals surface area contributed by atoms with Gasteiger partial charge in [0.1, 0.15) is 5.25 Å². The quantitative estimate of drug-likeness (QED) is 0.713. The van der Waals surface area contributed by atoms with Crippen LogP contribution in [0, 0.1) is 6.92 Å². The van der Waals surface area contributed by atoms with E-state index in [9.17, 15) is 13.2 Å². The zero-order valence-corrected chi connectivity index (χ0v) is 16.2. The summed E-state index contributed by atoms with van der Waals surface area (Å²) in [4.78, 5) is 21.0. The van der Waals surface area contributed by atoms with Gasteiger partial charge in [0.05, 0.1) is 12.6 Å². The van der Waals surface area contributed by atoms with Crippen molar-refractivity contribution in [3.8, 4) is 0 Å². The van der Waals surface area contributed by atoms with Crippen LogP contribution in [0.2, 0.25) is 0 Å². The minimum atomic E-state index is -3.50. The van der Waals surface area contributed by atoms with Crippen LogP contribution in [0.1, 0.15) is 35.1 Å². The molecule has 3 heterocycles. The number of likely N-dealkylation sites (tertiary alicyclic amines) is 1. The van der Waals surface area contributed by atoms with Crippen LogP contribution < -0.4 is 4.72 Å². The van der Waals surface area contributed by atoms with E-state index < -0.39 is 15.3 Å². The molecule has 3 rings (SSSR count). The SMILES string of the molecule is Cc1ccc([C@@H]2[C@@H](S(=O)(=O)NCCCN3CCCC3=O)CON2C)s1. The second-order valence-electron chi connectivity index (χ2n) is 6.55. The van der Waals surface area contributed by atoms with Crippen LogP contribution in [0.25, 0.3) is 0 Å². The summed E-state index contributed by atoms with van der Waals surface area (Å²) >= 11 is 1.60. The summed E-state index contributed by atoms with van der Waals surface area (Å²) in [6.07, 6.45) is 2.13. The molecule has 2 fully saturated rings. The molecule has 1 aromatic heterocycles. The molecule has 1 amide bonds. The lowest BCUT2D eigenvalue weighted by Crippen LogP contribution is -2.40. The molecular formula is C16H25N3O4S2. The molecule has 0 bridgehead atoms. The van der Waals surface area contributed by atoms with Crippen molar-refractivity contribution in [2.45, 2.75) is 37.5 Å². The minimum Gasteiger partial charge on any atom is -0.343 e. The van der Waals surface area contributed by atoms with Crippen LogP contribution in [0.4, 0.5) is 0 Å². The van der Waals surface area contributed by atoms with Crippen molar-refractivity contribution < 1.29 is 18.0 Å². The van der Waals surface area contributed by atoms with Crippen LogP contribution in [-0.2, 0) is 19.7 Å². The second kappa shape index (κ2) is 7.71. The molecule has 2 atom stereocenters. The molecule has 0 unspecified atom stereocenters. The number of thiophene rings is 1. The first-order valence-electron chi connectivity index (χ1n) is 8.57. The summed E-state index contributed by atoms with van der Waals surface area (Å²) in [6, 6.07) is 3.67. The fraction of sp³-hybridized carbons (Fsp3) is 0.688. The maximum atomic E-state index is 12.7. The van der Waals surface area contributed by atoms with Crippen molar-refractivity contribution in [2.24, 2.45) is 0 Å². The molecule has 0 aliphatic carbocycles. The van der Waals surface area contributed by atoms with Gasteiger partial charge in [-0.2, -0.15) is 5.06 Å². The summed E-state index contributed by atoms with van der Waals surface area (Å²) < 4.78 is 28.2. The molecule has 9 heteroatoms. The number of hydroxylamine groups is 2. The number of nitrogens with zero attached hydrogens (tertiary/aromatic N) is 2. The number of nitrogens with one attached hydrogen (secondary N) is 1. The first-order valence-corrected chi connectivity index (χ1v) is 10.9. The van der Waals surface area contributed by atoms with Gasteiger partial charge in [-0.25, -0.2) is 13.1 Å². The predicted octanol–water partition coefficient (Wildman–Crippen LogP) is 1.28. The molecule has 2 aliphatic rings. The number of carbonyl (C=O) groups is 1. The van der Waals surface area contributed by atoms with Crippen molar-refractivity contribution in [3.05, 3.63) is 21.9 Å². The summed E-state index contributed by atoms with van der Waals surface area (Å²) in [6.45, 7) is 3.88. The Labute approximate surface area is 152 Å².